The van der Waals surface area contributed by atoms with Gasteiger partial charge in [0.05, 0.1) is 63.2 Å². The second-order valence-corrected chi connectivity index (χ2v) is 13.2. The molecule has 0 saturated heterocycles. The molecular weight excluding hydrogens is 689 g/mol. The second kappa shape index (κ2) is 19.3. The van der Waals surface area contributed by atoms with Gasteiger partial charge >= 0.3 is 5.97 Å². The van der Waals surface area contributed by atoms with Crippen molar-refractivity contribution in [2.24, 2.45) is 5.92 Å². The molecule has 1 aliphatic rings. The van der Waals surface area contributed by atoms with Crippen LogP contribution < -0.4 is 15.4 Å². The van der Waals surface area contributed by atoms with E-state index in [2.05, 4.69) is 15.6 Å². The van der Waals surface area contributed by atoms with Gasteiger partial charge in [-0.1, -0.05) is 61.7 Å². The number of aliphatic carboxylic acids is 1. The van der Waals surface area contributed by atoms with Crippen molar-refractivity contribution >= 4 is 51.9 Å². The normalized spacial score (nSPS) is 16.8. The molecule has 50 heavy (non-hydrogen) atoms. The number of carbonyl (C=O) groups is 3. The van der Waals surface area contributed by atoms with Gasteiger partial charge in [-0.3, -0.25) is 9.59 Å². The first-order valence-electron chi connectivity index (χ1n) is 16.8. The van der Waals surface area contributed by atoms with Gasteiger partial charge in [0.1, 0.15) is 23.9 Å². The highest BCUT2D eigenvalue weighted by atomic mass is 35.5. The fourth-order valence-electron chi connectivity index (χ4n) is 5.91. The number of carboxylic acid groups (broad SMARTS) is 1. The van der Waals surface area contributed by atoms with Crippen molar-refractivity contribution in [1.82, 2.24) is 15.6 Å². The van der Waals surface area contributed by atoms with Gasteiger partial charge in [0, 0.05) is 35.2 Å². The van der Waals surface area contributed by atoms with Crippen LogP contribution in [0.3, 0.4) is 0 Å². The van der Waals surface area contributed by atoms with Gasteiger partial charge in [0.2, 0.25) is 11.8 Å². The van der Waals surface area contributed by atoms with E-state index < -0.39 is 29.4 Å². The Balaban J connectivity index is 1.32. The number of aromatic amines is 1. The maximum atomic E-state index is 13.8. The number of rotatable bonds is 21. The van der Waals surface area contributed by atoms with E-state index in [0.717, 1.165) is 16.6 Å². The van der Waals surface area contributed by atoms with Gasteiger partial charge in [-0.2, -0.15) is 0 Å². The number of methoxy groups -OCH3 is 1. The average Bonchev–Trinajstić information content (AvgIpc) is 3.45. The van der Waals surface area contributed by atoms with Crippen molar-refractivity contribution < 1.29 is 43.2 Å². The highest BCUT2D eigenvalue weighted by Crippen LogP contribution is 2.38. The maximum absolute atomic E-state index is 13.8. The summed E-state index contributed by atoms with van der Waals surface area (Å²) in [6.07, 6.45) is 1.11. The summed E-state index contributed by atoms with van der Waals surface area (Å²) in [5.74, 6) is -1.84. The minimum absolute atomic E-state index is 0.0347. The average molecular weight is 737 g/mol. The first kappa shape index (κ1) is 39.4. The van der Waals surface area contributed by atoms with Crippen molar-refractivity contribution in [2.75, 3.05) is 60.0 Å². The highest BCUT2D eigenvalue weighted by Gasteiger charge is 2.45. The van der Waals surface area contributed by atoms with Crippen molar-refractivity contribution in [3.05, 3.63) is 63.3 Å². The van der Waals surface area contributed by atoms with E-state index in [1.54, 1.807) is 37.4 Å². The highest BCUT2D eigenvalue weighted by molar-refractivity contribution is 6.38. The number of aryl methyl sites for hydroxylation is 1. The molecule has 0 radical (unpaired) electrons. The first-order valence-corrected chi connectivity index (χ1v) is 17.6. The predicted molar refractivity (Wildman–Crippen MR) is 190 cm³/mol. The van der Waals surface area contributed by atoms with Crippen LogP contribution in [0.25, 0.3) is 10.9 Å². The minimum Gasteiger partial charge on any atom is -0.491 e. The van der Waals surface area contributed by atoms with E-state index >= 15 is 0 Å². The molecule has 1 aliphatic carbocycles. The third kappa shape index (κ3) is 10.6. The lowest BCUT2D eigenvalue weighted by molar-refractivity contribution is -0.149. The van der Waals surface area contributed by atoms with E-state index in [-0.39, 0.29) is 31.8 Å². The molecule has 0 saturated carbocycles. The minimum atomic E-state index is -1.59. The molecule has 274 valence electrons. The number of hydrogen-bond donors (Lipinski definition) is 4. The quantitative estimate of drug-likeness (QED) is 0.113. The van der Waals surface area contributed by atoms with Crippen LogP contribution in [0.4, 0.5) is 0 Å². The lowest BCUT2D eigenvalue weighted by atomic mass is 9.79. The van der Waals surface area contributed by atoms with Crippen LogP contribution in [0, 0.1) is 5.92 Å². The number of aromatic nitrogens is 1. The molecule has 14 heteroatoms. The third-order valence-electron chi connectivity index (χ3n) is 8.87. The fourth-order valence-corrected chi connectivity index (χ4v) is 6.45. The molecule has 4 N–H and O–H groups in total. The number of amides is 2. The zero-order valence-corrected chi connectivity index (χ0v) is 30.3. The summed E-state index contributed by atoms with van der Waals surface area (Å²) in [6.45, 7) is 7.21. The van der Waals surface area contributed by atoms with E-state index in [1.807, 2.05) is 19.9 Å². The number of benzene rings is 2. The van der Waals surface area contributed by atoms with Crippen LogP contribution >= 0.6 is 23.2 Å². The number of para-hydroxylation sites is 1. The van der Waals surface area contributed by atoms with Crippen LogP contribution in [0.5, 0.6) is 5.75 Å². The van der Waals surface area contributed by atoms with Gasteiger partial charge < -0.3 is 44.4 Å². The SMILES string of the molecule is CCC(C)[C@H](NC(=O)Cc1ccccc1OCCOCCOCCOCCOC)C(=O)N[C@]1(C(=O)O)CCc2[nH]c3c(Cl)cc(Cl)cc3c2C1. The zero-order chi connectivity index (χ0) is 36.1. The summed E-state index contributed by atoms with van der Waals surface area (Å²) in [7, 11) is 1.62. The summed E-state index contributed by atoms with van der Waals surface area (Å²) < 4.78 is 27.2. The predicted octanol–water partition coefficient (Wildman–Crippen LogP) is 4.75. The summed E-state index contributed by atoms with van der Waals surface area (Å²) in [6, 6.07) is 9.59. The number of ether oxygens (including phenoxy) is 5. The van der Waals surface area contributed by atoms with E-state index in [0.29, 0.717) is 86.0 Å². The molecular formula is C36H47Cl2N3O9. The Morgan fingerprint density at radius 3 is 2.30 bits per heavy atom. The molecule has 2 amide bonds. The Kier molecular flexibility index (Phi) is 15.2. The van der Waals surface area contributed by atoms with E-state index in [1.165, 1.54) is 0 Å². The van der Waals surface area contributed by atoms with Crippen molar-refractivity contribution in [3.63, 3.8) is 0 Å². The zero-order valence-electron chi connectivity index (χ0n) is 28.8. The van der Waals surface area contributed by atoms with Crippen molar-refractivity contribution in [1.29, 1.82) is 0 Å². The number of carbonyl (C=O) groups excluding carboxylic acids is 2. The lowest BCUT2D eigenvalue weighted by Crippen LogP contribution is -2.62. The Labute approximate surface area is 302 Å². The Morgan fingerprint density at radius 1 is 0.980 bits per heavy atom. The molecule has 3 atom stereocenters. The molecule has 0 spiro atoms. The number of hydrogen-bond acceptors (Lipinski definition) is 8. The Hall–Kier alpha value is -3.39. The summed E-state index contributed by atoms with van der Waals surface area (Å²) in [5.41, 5.74) is 1.34. The monoisotopic (exact) mass is 735 g/mol. The third-order valence-corrected chi connectivity index (χ3v) is 9.39. The molecule has 1 aromatic heterocycles. The second-order valence-electron chi connectivity index (χ2n) is 12.3. The van der Waals surface area contributed by atoms with Gasteiger partial charge in [-0.25, -0.2) is 4.79 Å². The van der Waals surface area contributed by atoms with Gasteiger partial charge in [-0.05, 0) is 42.5 Å². The van der Waals surface area contributed by atoms with Crippen LogP contribution in [-0.2, 0) is 52.6 Å². The molecule has 1 unspecified atom stereocenters. The Morgan fingerprint density at radius 2 is 1.64 bits per heavy atom. The Bertz CT molecular complexity index is 1600. The maximum Gasteiger partial charge on any atom is 0.329 e. The molecule has 0 aliphatic heterocycles. The number of halogens is 2. The molecule has 1 heterocycles. The van der Waals surface area contributed by atoms with E-state index in [9.17, 15) is 19.5 Å². The van der Waals surface area contributed by atoms with Crippen LogP contribution in [0.1, 0.15) is 43.5 Å². The summed E-state index contributed by atoms with van der Waals surface area (Å²) in [5, 5.41) is 17.7. The van der Waals surface area contributed by atoms with Gasteiger partial charge in [-0.15, -0.1) is 0 Å². The number of nitrogens with one attached hydrogen (secondary N) is 3. The van der Waals surface area contributed by atoms with Gasteiger partial charge in [0.15, 0.2) is 0 Å². The molecule has 0 bridgehead atoms. The van der Waals surface area contributed by atoms with Crippen LogP contribution in [0.15, 0.2) is 36.4 Å². The smallest absolute Gasteiger partial charge is 0.329 e. The van der Waals surface area contributed by atoms with Crippen molar-refractivity contribution in [3.8, 4) is 5.75 Å². The van der Waals surface area contributed by atoms with E-state index in [4.69, 9.17) is 46.9 Å². The standard InChI is InChI=1S/C36H47Cl2N3O9/c1-4-23(2)32(34(43)41-36(35(44)45)10-9-29-27(22-36)26-20-25(37)21-28(38)33(26)39-29)40-31(42)19-24-7-5-6-8-30(24)50-18-17-49-16-15-48-14-13-47-12-11-46-3/h5-8,20-21,23,32,39H,4,9-19,22H2,1-3H3,(H,40,42)(H,41,43)(H,44,45)/t23?,32-,36+/m0/s1. The number of H-pyrrole nitrogens is 1. The lowest BCUT2D eigenvalue weighted by Gasteiger charge is -2.36. The fraction of sp³-hybridized carbons (Fsp3) is 0.528. The van der Waals surface area contributed by atoms with Gasteiger partial charge in [0.25, 0.3) is 0 Å². The number of fused-ring (bicyclic) bond motifs is 3. The van der Waals surface area contributed by atoms with Crippen LogP contribution in [0.2, 0.25) is 10.0 Å². The summed E-state index contributed by atoms with van der Waals surface area (Å²) >= 11 is 12.7. The molecule has 4 rings (SSSR count). The molecule has 3 aromatic rings. The first-order chi connectivity index (χ1) is 24.1. The largest absolute Gasteiger partial charge is 0.491 e. The topological polar surface area (TPSA) is 157 Å². The molecule has 2 aromatic carbocycles. The molecule has 12 nitrogen and oxygen atoms in total. The van der Waals surface area contributed by atoms with Crippen molar-refractivity contribution in [2.45, 2.75) is 57.5 Å². The number of carboxylic acids is 1. The van der Waals surface area contributed by atoms with Crippen LogP contribution in [-0.4, -0.2) is 99.4 Å². The summed E-state index contributed by atoms with van der Waals surface area (Å²) in [4.78, 5) is 43.3. The molecule has 0 fully saturated rings.